The van der Waals surface area contributed by atoms with Gasteiger partial charge in [-0.3, -0.25) is 9.89 Å². The molecule has 0 aromatic heterocycles. The first kappa shape index (κ1) is 18.7. The maximum atomic E-state index is 12.1. The molecule has 0 bridgehead atoms. The smallest absolute Gasteiger partial charge is 0.410 e. The third kappa shape index (κ3) is 7.11. The molecule has 1 rings (SSSR count). The van der Waals surface area contributed by atoms with E-state index < -0.39 is 5.60 Å². The molecule has 0 aromatic carbocycles. The van der Waals surface area contributed by atoms with Crippen LogP contribution < -0.4 is 5.32 Å². The Morgan fingerprint density at radius 1 is 1.36 bits per heavy atom. The Hall–Kier alpha value is -1.30. The number of ether oxygens (including phenoxy) is 1. The SMILES string of the molecule is CC(C)(CCCO)CNC1=NCCN(C(=O)OC(C)(C)C)C1. The van der Waals surface area contributed by atoms with Crippen LogP contribution in [-0.2, 0) is 4.74 Å². The molecule has 1 aliphatic heterocycles. The Balaban J connectivity index is 2.46. The molecule has 0 radical (unpaired) electrons. The molecule has 0 saturated heterocycles. The summed E-state index contributed by atoms with van der Waals surface area (Å²) < 4.78 is 5.40. The largest absolute Gasteiger partial charge is 0.444 e. The fraction of sp³-hybridized carbons (Fsp3) is 0.875. The quantitative estimate of drug-likeness (QED) is 0.814. The minimum Gasteiger partial charge on any atom is -0.444 e. The number of amides is 1. The van der Waals surface area contributed by atoms with Gasteiger partial charge in [0.15, 0.2) is 0 Å². The second-order valence-corrected chi connectivity index (χ2v) is 7.58. The van der Waals surface area contributed by atoms with E-state index in [1.165, 1.54) is 0 Å². The molecule has 22 heavy (non-hydrogen) atoms. The van der Waals surface area contributed by atoms with Crippen molar-refractivity contribution in [3.63, 3.8) is 0 Å². The number of aliphatic imine (C=N–C) groups is 1. The van der Waals surface area contributed by atoms with Crippen molar-refractivity contribution in [2.24, 2.45) is 10.4 Å². The Kier molecular flexibility index (Phi) is 6.66. The van der Waals surface area contributed by atoms with Crippen molar-refractivity contribution in [1.82, 2.24) is 10.2 Å². The highest BCUT2D eigenvalue weighted by Gasteiger charge is 2.26. The van der Waals surface area contributed by atoms with Crippen LogP contribution in [0, 0.1) is 5.41 Å². The van der Waals surface area contributed by atoms with E-state index in [2.05, 4.69) is 24.2 Å². The van der Waals surface area contributed by atoms with Gasteiger partial charge in [-0.15, -0.1) is 0 Å². The molecule has 1 aliphatic rings. The Morgan fingerprint density at radius 3 is 2.64 bits per heavy atom. The Labute approximate surface area is 133 Å². The molecule has 0 saturated carbocycles. The average Bonchev–Trinajstić information content (AvgIpc) is 2.42. The van der Waals surface area contributed by atoms with Crippen LogP contribution in [-0.4, -0.2) is 60.3 Å². The van der Waals surface area contributed by atoms with Crippen molar-refractivity contribution in [3.8, 4) is 0 Å². The molecule has 6 heteroatoms. The van der Waals surface area contributed by atoms with Gasteiger partial charge in [-0.2, -0.15) is 0 Å². The number of amidine groups is 1. The van der Waals surface area contributed by atoms with Gasteiger partial charge in [-0.1, -0.05) is 13.8 Å². The molecule has 0 spiro atoms. The maximum Gasteiger partial charge on any atom is 0.410 e. The molecule has 0 aliphatic carbocycles. The van der Waals surface area contributed by atoms with Crippen molar-refractivity contribution in [2.45, 2.75) is 53.1 Å². The molecular formula is C16H31N3O3. The van der Waals surface area contributed by atoms with Crippen LogP contribution in [0.2, 0.25) is 0 Å². The van der Waals surface area contributed by atoms with Crippen molar-refractivity contribution >= 4 is 11.9 Å². The predicted molar refractivity (Wildman–Crippen MR) is 88.2 cm³/mol. The summed E-state index contributed by atoms with van der Waals surface area (Å²) >= 11 is 0. The summed E-state index contributed by atoms with van der Waals surface area (Å²) in [6.07, 6.45) is 1.45. The van der Waals surface area contributed by atoms with Crippen LogP contribution in [0.4, 0.5) is 4.79 Å². The summed E-state index contributed by atoms with van der Waals surface area (Å²) in [4.78, 5) is 18.2. The third-order valence-corrected chi connectivity index (χ3v) is 3.45. The second-order valence-electron chi connectivity index (χ2n) is 7.58. The zero-order valence-electron chi connectivity index (χ0n) is 14.6. The number of carbonyl (C=O) groups is 1. The van der Waals surface area contributed by atoms with E-state index >= 15 is 0 Å². The Bertz CT molecular complexity index is 400. The average molecular weight is 313 g/mol. The molecule has 0 unspecified atom stereocenters. The normalized spacial score (nSPS) is 16.3. The summed E-state index contributed by atoms with van der Waals surface area (Å²) in [6.45, 7) is 12.6. The fourth-order valence-corrected chi connectivity index (χ4v) is 2.20. The van der Waals surface area contributed by atoms with Gasteiger partial charge in [0.2, 0.25) is 0 Å². The first-order valence-corrected chi connectivity index (χ1v) is 7.99. The van der Waals surface area contributed by atoms with Gasteiger partial charge in [0.05, 0.1) is 13.1 Å². The van der Waals surface area contributed by atoms with Crippen LogP contribution in [0.3, 0.4) is 0 Å². The van der Waals surface area contributed by atoms with Crippen LogP contribution in [0.1, 0.15) is 47.5 Å². The number of carbonyl (C=O) groups excluding carboxylic acids is 1. The number of nitrogens with zero attached hydrogens (tertiary/aromatic N) is 2. The fourth-order valence-electron chi connectivity index (χ4n) is 2.20. The van der Waals surface area contributed by atoms with E-state index in [0.717, 1.165) is 25.2 Å². The molecule has 128 valence electrons. The van der Waals surface area contributed by atoms with Crippen LogP contribution >= 0.6 is 0 Å². The molecule has 0 fully saturated rings. The summed E-state index contributed by atoms with van der Waals surface area (Å²) in [5, 5.41) is 12.3. The zero-order chi connectivity index (χ0) is 16.8. The van der Waals surface area contributed by atoms with E-state index in [9.17, 15) is 4.79 Å². The van der Waals surface area contributed by atoms with Gasteiger partial charge in [0, 0.05) is 19.7 Å². The number of hydrogen-bond acceptors (Lipinski definition) is 5. The monoisotopic (exact) mass is 313 g/mol. The van der Waals surface area contributed by atoms with Crippen LogP contribution in [0.25, 0.3) is 0 Å². The summed E-state index contributed by atoms with van der Waals surface area (Å²) in [5.41, 5.74) is -0.398. The van der Waals surface area contributed by atoms with Crippen LogP contribution in [0.15, 0.2) is 4.99 Å². The lowest BCUT2D eigenvalue weighted by Crippen LogP contribution is -2.48. The van der Waals surface area contributed by atoms with E-state index in [-0.39, 0.29) is 18.1 Å². The lowest BCUT2D eigenvalue weighted by atomic mass is 9.88. The lowest BCUT2D eigenvalue weighted by molar-refractivity contribution is 0.0276. The summed E-state index contributed by atoms with van der Waals surface area (Å²) in [5.74, 6) is 0.828. The van der Waals surface area contributed by atoms with Gasteiger partial charge in [0.1, 0.15) is 11.4 Å². The number of aliphatic hydroxyl groups is 1. The predicted octanol–water partition coefficient (Wildman–Crippen LogP) is 2.02. The number of hydrogen-bond donors (Lipinski definition) is 2. The van der Waals surface area contributed by atoms with Crippen molar-refractivity contribution in [2.75, 3.05) is 32.8 Å². The second kappa shape index (κ2) is 7.81. The molecule has 0 aromatic rings. The highest BCUT2D eigenvalue weighted by atomic mass is 16.6. The number of aliphatic hydroxyl groups excluding tert-OH is 1. The van der Waals surface area contributed by atoms with E-state index in [4.69, 9.17) is 9.84 Å². The zero-order valence-corrected chi connectivity index (χ0v) is 14.6. The van der Waals surface area contributed by atoms with Crippen molar-refractivity contribution < 1.29 is 14.6 Å². The van der Waals surface area contributed by atoms with Gasteiger partial charge >= 0.3 is 6.09 Å². The van der Waals surface area contributed by atoms with Gasteiger partial charge in [-0.25, -0.2) is 4.79 Å². The van der Waals surface area contributed by atoms with Crippen molar-refractivity contribution in [1.29, 1.82) is 0 Å². The van der Waals surface area contributed by atoms with E-state index in [1.807, 2.05) is 20.8 Å². The van der Waals surface area contributed by atoms with E-state index in [0.29, 0.717) is 19.6 Å². The highest BCUT2D eigenvalue weighted by molar-refractivity contribution is 5.87. The molecular weight excluding hydrogens is 282 g/mol. The van der Waals surface area contributed by atoms with Crippen molar-refractivity contribution in [3.05, 3.63) is 0 Å². The minimum absolute atomic E-state index is 0.0828. The van der Waals surface area contributed by atoms with Gasteiger partial charge in [0.25, 0.3) is 0 Å². The van der Waals surface area contributed by atoms with Crippen LogP contribution in [0.5, 0.6) is 0 Å². The molecule has 1 amide bonds. The highest BCUT2D eigenvalue weighted by Crippen LogP contribution is 2.21. The first-order valence-electron chi connectivity index (χ1n) is 7.99. The topological polar surface area (TPSA) is 74.2 Å². The third-order valence-electron chi connectivity index (χ3n) is 3.45. The molecule has 1 heterocycles. The maximum absolute atomic E-state index is 12.1. The number of rotatable bonds is 5. The molecule has 6 nitrogen and oxygen atoms in total. The first-order chi connectivity index (χ1) is 10.1. The summed E-state index contributed by atoms with van der Waals surface area (Å²) in [6, 6.07) is 0. The van der Waals surface area contributed by atoms with Gasteiger partial charge < -0.3 is 15.2 Å². The lowest BCUT2D eigenvalue weighted by Gasteiger charge is -2.31. The molecule has 0 atom stereocenters. The number of nitrogens with one attached hydrogen (secondary N) is 1. The molecule has 2 N–H and O–H groups in total. The Morgan fingerprint density at radius 2 is 2.05 bits per heavy atom. The minimum atomic E-state index is -0.481. The van der Waals surface area contributed by atoms with E-state index in [1.54, 1.807) is 4.90 Å². The standard InChI is InChI=1S/C16H31N3O3/c1-15(2,3)22-14(21)19-9-8-17-13(11-19)18-12-16(4,5)7-6-10-20/h20H,6-12H2,1-5H3,(H,17,18). The van der Waals surface area contributed by atoms with Gasteiger partial charge in [-0.05, 0) is 39.0 Å². The summed E-state index contributed by atoms with van der Waals surface area (Å²) in [7, 11) is 0.